The smallest absolute Gasteiger partial charge is 0.411 e. The second-order valence-electron chi connectivity index (χ2n) is 4.75. The third kappa shape index (κ3) is 3.35. The van der Waals surface area contributed by atoms with Crippen molar-refractivity contribution in [3.05, 3.63) is 59.4 Å². The number of aromatic nitrogens is 1. The maximum Gasteiger partial charge on any atom is 0.411 e. The third-order valence-corrected chi connectivity index (χ3v) is 3.28. The molecule has 0 unspecified atom stereocenters. The van der Waals surface area contributed by atoms with Crippen LogP contribution in [0.1, 0.15) is 16.7 Å². The van der Waals surface area contributed by atoms with Gasteiger partial charge in [-0.2, -0.15) is 4.57 Å². The average molecular weight is 271 g/mol. The number of amides is 1. The van der Waals surface area contributed by atoms with E-state index in [1.54, 1.807) is 0 Å². The molecular formula is C16H19N2O2+. The highest BCUT2D eigenvalue weighted by molar-refractivity contribution is 5.85. The number of nitrogens with one attached hydrogen (secondary N) is 1. The van der Waals surface area contributed by atoms with Crippen molar-refractivity contribution < 1.29 is 14.1 Å². The largest absolute Gasteiger partial charge is 0.453 e. The van der Waals surface area contributed by atoms with Gasteiger partial charge in [0.25, 0.3) is 0 Å². The number of anilines is 1. The minimum Gasteiger partial charge on any atom is -0.453 e. The fraction of sp³-hybridized carbons (Fsp3) is 0.250. The van der Waals surface area contributed by atoms with E-state index in [-0.39, 0.29) is 0 Å². The molecule has 1 N–H and O–H groups in total. The lowest BCUT2D eigenvalue weighted by atomic mass is 10.1. The monoisotopic (exact) mass is 271 g/mol. The van der Waals surface area contributed by atoms with Crippen LogP contribution in [0.5, 0.6) is 0 Å². The Morgan fingerprint density at radius 3 is 2.55 bits per heavy atom. The number of carbonyl (C=O) groups excluding carboxylic acids is 1. The number of carbonyl (C=O) groups is 1. The number of hydrogen-bond donors (Lipinski definition) is 1. The summed E-state index contributed by atoms with van der Waals surface area (Å²) in [5.41, 5.74) is 4.15. The van der Waals surface area contributed by atoms with E-state index in [0.717, 1.165) is 23.4 Å². The van der Waals surface area contributed by atoms with Gasteiger partial charge in [-0.3, -0.25) is 5.32 Å². The fourth-order valence-corrected chi connectivity index (χ4v) is 2.03. The minimum absolute atomic E-state index is 0.454. The normalized spacial score (nSPS) is 10.2. The Morgan fingerprint density at radius 2 is 1.90 bits per heavy atom. The van der Waals surface area contributed by atoms with E-state index in [2.05, 4.69) is 33.0 Å². The van der Waals surface area contributed by atoms with Crippen molar-refractivity contribution in [3.63, 3.8) is 0 Å². The molecule has 1 aromatic carbocycles. The number of nitrogens with zero attached hydrogens (tertiary/aromatic N) is 1. The summed E-state index contributed by atoms with van der Waals surface area (Å²) >= 11 is 0. The summed E-state index contributed by atoms with van der Waals surface area (Å²) in [4.78, 5) is 11.4. The van der Waals surface area contributed by atoms with Crippen LogP contribution in [-0.4, -0.2) is 13.2 Å². The van der Waals surface area contributed by atoms with Crippen molar-refractivity contribution in [1.82, 2.24) is 0 Å². The molecule has 0 spiro atoms. The first-order valence-corrected chi connectivity index (χ1v) is 6.49. The zero-order chi connectivity index (χ0) is 14.5. The molecule has 0 aliphatic carbocycles. The van der Waals surface area contributed by atoms with E-state index in [1.807, 2.05) is 38.2 Å². The van der Waals surface area contributed by atoms with Crippen LogP contribution in [0, 0.1) is 13.8 Å². The van der Waals surface area contributed by atoms with E-state index >= 15 is 0 Å². The molecule has 0 bridgehead atoms. The van der Waals surface area contributed by atoms with E-state index in [4.69, 9.17) is 0 Å². The molecule has 1 heterocycles. The van der Waals surface area contributed by atoms with Crippen molar-refractivity contribution in [1.29, 1.82) is 0 Å². The van der Waals surface area contributed by atoms with Gasteiger partial charge < -0.3 is 4.74 Å². The van der Waals surface area contributed by atoms with Crippen LogP contribution in [0.3, 0.4) is 0 Å². The van der Waals surface area contributed by atoms with Crippen molar-refractivity contribution in [2.24, 2.45) is 0 Å². The molecule has 4 nitrogen and oxygen atoms in total. The summed E-state index contributed by atoms with van der Waals surface area (Å²) in [5.74, 6) is 0. The van der Waals surface area contributed by atoms with E-state index in [1.165, 1.54) is 12.7 Å². The molecule has 4 heteroatoms. The van der Waals surface area contributed by atoms with Crippen LogP contribution in [0.25, 0.3) is 0 Å². The van der Waals surface area contributed by atoms with Crippen LogP contribution in [0.15, 0.2) is 42.7 Å². The molecule has 0 radical (unpaired) electrons. The van der Waals surface area contributed by atoms with Crippen molar-refractivity contribution in [3.8, 4) is 0 Å². The summed E-state index contributed by atoms with van der Waals surface area (Å²) in [5, 5.41) is 2.74. The molecule has 0 fully saturated rings. The molecular weight excluding hydrogens is 252 g/mol. The Hall–Kier alpha value is -2.36. The lowest BCUT2D eigenvalue weighted by molar-refractivity contribution is -0.688. The molecule has 1 amide bonds. The molecule has 20 heavy (non-hydrogen) atoms. The van der Waals surface area contributed by atoms with Crippen LogP contribution in [0.2, 0.25) is 0 Å². The number of hydrogen-bond acceptors (Lipinski definition) is 2. The first-order chi connectivity index (χ1) is 9.60. The quantitative estimate of drug-likeness (QED) is 0.872. The average Bonchev–Trinajstić information content (AvgIpc) is 2.45. The Bertz CT molecular complexity index is 609. The number of rotatable bonds is 3. The lowest BCUT2D eigenvalue weighted by Gasteiger charge is -2.09. The topological polar surface area (TPSA) is 42.2 Å². The zero-order valence-electron chi connectivity index (χ0n) is 12.0. The van der Waals surface area contributed by atoms with Gasteiger partial charge in [-0.15, -0.1) is 0 Å². The molecule has 0 aliphatic rings. The third-order valence-electron chi connectivity index (χ3n) is 3.28. The first-order valence-electron chi connectivity index (χ1n) is 6.49. The van der Waals surface area contributed by atoms with Crippen molar-refractivity contribution in [2.45, 2.75) is 20.4 Å². The highest BCUT2D eigenvalue weighted by Crippen LogP contribution is 2.16. The minimum atomic E-state index is -0.454. The van der Waals surface area contributed by atoms with Crippen LogP contribution in [0.4, 0.5) is 10.5 Å². The van der Waals surface area contributed by atoms with Gasteiger partial charge in [-0.1, -0.05) is 30.3 Å². The van der Waals surface area contributed by atoms with Crippen LogP contribution in [-0.2, 0) is 11.3 Å². The summed E-state index contributed by atoms with van der Waals surface area (Å²) in [7, 11) is 1.36. The van der Waals surface area contributed by atoms with E-state index in [9.17, 15) is 4.79 Å². The second-order valence-corrected chi connectivity index (χ2v) is 4.75. The predicted octanol–water partition coefficient (Wildman–Crippen LogP) is 2.82. The first kappa shape index (κ1) is 14.1. The van der Waals surface area contributed by atoms with Crippen molar-refractivity contribution >= 4 is 11.8 Å². The molecule has 104 valence electrons. The molecule has 0 saturated carbocycles. The van der Waals surface area contributed by atoms with Crippen LogP contribution >= 0.6 is 0 Å². The summed E-state index contributed by atoms with van der Waals surface area (Å²) in [6.07, 6.45) is 3.54. The maximum atomic E-state index is 11.4. The highest BCUT2D eigenvalue weighted by Gasteiger charge is 2.13. The van der Waals surface area contributed by atoms with E-state index in [0.29, 0.717) is 0 Å². The summed E-state index contributed by atoms with van der Waals surface area (Å²) in [6.45, 7) is 4.77. The zero-order valence-corrected chi connectivity index (χ0v) is 12.0. The molecule has 0 saturated heterocycles. The van der Waals surface area contributed by atoms with Gasteiger partial charge in [0, 0.05) is 11.1 Å². The van der Waals surface area contributed by atoms with Gasteiger partial charge in [0.1, 0.15) is 5.69 Å². The van der Waals surface area contributed by atoms with Crippen LogP contribution < -0.4 is 9.88 Å². The number of ether oxygens (including phenoxy) is 1. The number of benzene rings is 1. The number of pyridine rings is 1. The summed E-state index contributed by atoms with van der Waals surface area (Å²) < 4.78 is 6.71. The maximum absolute atomic E-state index is 11.4. The van der Waals surface area contributed by atoms with Gasteiger partial charge in [-0.25, -0.2) is 4.79 Å². The molecule has 2 rings (SSSR count). The fourth-order valence-electron chi connectivity index (χ4n) is 2.03. The predicted molar refractivity (Wildman–Crippen MR) is 77.7 cm³/mol. The van der Waals surface area contributed by atoms with Gasteiger partial charge in [-0.05, 0) is 19.4 Å². The van der Waals surface area contributed by atoms with Gasteiger partial charge in [0.15, 0.2) is 18.9 Å². The van der Waals surface area contributed by atoms with Gasteiger partial charge >= 0.3 is 6.09 Å². The highest BCUT2D eigenvalue weighted by atomic mass is 16.5. The molecule has 0 atom stereocenters. The summed E-state index contributed by atoms with van der Waals surface area (Å²) in [6, 6.07) is 10.2. The van der Waals surface area contributed by atoms with E-state index < -0.39 is 6.09 Å². The lowest BCUT2D eigenvalue weighted by Crippen LogP contribution is -2.35. The Morgan fingerprint density at radius 1 is 1.20 bits per heavy atom. The number of aryl methyl sites for hydroxylation is 1. The molecule has 1 aromatic heterocycles. The van der Waals surface area contributed by atoms with Gasteiger partial charge in [0.05, 0.1) is 7.11 Å². The van der Waals surface area contributed by atoms with Gasteiger partial charge in [0.2, 0.25) is 0 Å². The Labute approximate surface area is 119 Å². The SMILES string of the molecule is COC(=O)Nc1c[n+](Cc2ccccc2)cc(C)c1C. The Balaban J connectivity index is 2.28. The van der Waals surface area contributed by atoms with Crippen molar-refractivity contribution in [2.75, 3.05) is 12.4 Å². The molecule has 2 aromatic rings. The molecule has 0 aliphatic heterocycles. The number of methoxy groups -OCH3 is 1. The Kier molecular flexibility index (Phi) is 4.35. The standard InChI is InChI=1S/C16H18N2O2/c1-12-9-18(10-14-7-5-4-6-8-14)11-15(13(12)2)17-16(19)20-3/h4-9,11H,10H2,1-3H3/p+1. The second kappa shape index (κ2) is 6.19.